The quantitative estimate of drug-likeness (QED) is 0.766. The number of nitrogens with zero attached hydrogens (tertiary/aromatic N) is 2. The number of benzene rings is 2. The number of para-hydroxylation sites is 2. The number of anilines is 2. The van der Waals surface area contributed by atoms with Gasteiger partial charge in [-0.3, -0.25) is 14.5 Å². The molecule has 8 nitrogen and oxygen atoms in total. The van der Waals surface area contributed by atoms with Crippen LogP contribution in [0.1, 0.15) is 25.7 Å². The van der Waals surface area contributed by atoms with Crippen LogP contribution >= 0.6 is 0 Å². The third-order valence-corrected chi connectivity index (χ3v) is 7.30. The van der Waals surface area contributed by atoms with E-state index in [1.54, 1.807) is 36.4 Å². The van der Waals surface area contributed by atoms with E-state index in [0.29, 0.717) is 30.2 Å². The highest BCUT2D eigenvalue weighted by molar-refractivity contribution is 7.89. The van der Waals surface area contributed by atoms with Gasteiger partial charge in [-0.25, -0.2) is 8.42 Å². The molecular weight excluding hydrogens is 418 g/mol. The summed E-state index contributed by atoms with van der Waals surface area (Å²) in [6.07, 6.45) is 2.91. The van der Waals surface area contributed by atoms with Crippen molar-refractivity contribution >= 4 is 33.2 Å². The molecule has 0 atom stereocenters. The van der Waals surface area contributed by atoms with Crippen molar-refractivity contribution in [2.45, 2.75) is 30.6 Å². The zero-order valence-electron chi connectivity index (χ0n) is 17.1. The minimum absolute atomic E-state index is 0.150. The van der Waals surface area contributed by atoms with E-state index in [0.717, 1.165) is 19.3 Å². The van der Waals surface area contributed by atoms with Gasteiger partial charge in [0.2, 0.25) is 21.8 Å². The number of rotatable bonds is 5. The molecule has 0 saturated carbocycles. The van der Waals surface area contributed by atoms with E-state index in [1.165, 1.54) is 21.3 Å². The standard InChI is InChI=1S/C22H25N3O5S/c26-21(16-25-19-9-2-3-10-20(19)30-14-11-22(25)27)23-17-7-6-8-18(15-17)31(28,29)24-12-4-1-5-13-24/h2-3,6-10,15H,1,4-5,11-14,16H2,(H,23,26). The van der Waals surface area contributed by atoms with Gasteiger partial charge in [0.25, 0.3) is 0 Å². The summed E-state index contributed by atoms with van der Waals surface area (Å²) in [5, 5.41) is 2.72. The van der Waals surface area contributed by atoms with Crippen LogP contribution in [0, 0.1) is 0 Å². The number of carbonyl (C=O) groups is 2. The molecule has 31 heavy (non-hydrogen) atoms. The number of hydrogen-bond acceptors (Lipinski definition) is 5. The summed E-state index contributed by atoms with van der Waals surface area (Å²) < 4.78 is 32.9. The van der Waals surface area contributed by atoms with Gasteiger partial charge in [-0.1, -0.05) is 24.6 Å². The van der Waals surface area contributed by atoms with Crippen molar-refractivity contribution in [3.8, 4) is 5.75 Å². The molecule has 0 spiro atoms. The van der Waals surface area contributed by atoms with Crippen LogP contribution in [0.3, 0.4) is 0 Å². The lowest BCUT2D eigenvalue weighted by Crippen LogP contribution is -2.37. The van der Waals surface area contributed by atoms with Gasteiger partial charge in [0, 0.05) is 18.8 Å². The number of fused-ring (bicyclic) bond motifs is 1. The normalized spacial score (nSPS) is 17.4. The largest absolute Gasteiger partial charge is 0.491 e. The molecular formula is C22H25N3O5S. The highest BCUT2D eigenvalue weighted by Gasteiger charge is 2.27. The summed E-state index contributed by atoms with van der Waals surface area (Å²) >= 11 is 0. The lowest BCUT2D eigenvalue weighted by molar-refractivity contribution is -0.121. The van der Waals surface area contributed by atoms with Crippen LogP contribution in [0.25, 0.3) is 0 Å². The fraction of sp³-hybridized carbons (Fsp3) is 0.364. The molecule has 1 N–H and O–H groups in total. The Morgan fingerprint density at radius 1 is 1.03 bits per heavy atom. The second kappa shape index (κ2) is 9.07. The molecule has 0 bridgehead atoms. The highest BCUT2D eigenvalue weighted by Crippen LogP contribution is 2.31. The smallest absolute Gasteiger partial charge is 0.244 e. The van der Waals surface area contributed by atoms with Crippen molar-refractivity contribution in [2.75, 3.05) is 36.5 Å². The first kappa shape index (κ1) is 21.3. The zero-order valence-corrected chi connectivity index (χ0v) is 17.9. The van der Waals surface area contributed by atoms with Crippen molar-refractivity contribution in [3.63, 3.8) is 0 Å². The van der Waals surface area contributed by atoms with E-state index in [1.807, 2.05) is 0 Å². The van der Waals surface area contributed by atoms with Gasteiger partial charge < -0.3 is 10.1 Å². The number of nitrogens with one attached hydrogen (secondary N) is 1. The first-order valence-electron chi connectivity index (χ1n) is 10.4. The summed E-state index contributed by atoms with van der Waals surface area (Å²) in [5.74, 6) is -0.0742. The maximum atomic E-state index is 12.9. The average molecular weight is 444 g/mol. The van der Waals surface area contributed by atoms with Crippen LogP contribution in [0.5, 0.6) is 5.75 Å². The second-order valence-corrected chi connectivity index (χ2v) is 9.52. The number of piperidine rings is 1. The Morgan fingerprint density at radius 3 is 2.61 bits per heavy atom. The van der Waals surface area contributed by atoms with Crippen LogP contribution < -0.4 is 15.0 Å². The van der Waals surface area contributed by atoms with E-state index in [4.69, 9.17) is 4.74 Å². The molecule has 0 unspecified atom stereocenters. The first-order chi connectivity index (χ1) is 14.9. The van der Waals surface area contributed by atoms with Crippen molar-refractivity contribution < 1.29 is 22.7 Å². The number of carbonyl (C=O) groups excluding carboxylic acids is 2. The molecule has 1 fully saturated rings. The summed E-state index contributed by atoms with van der Waals surface area (Å²) in [6.45, 7) is 1.08. The van der Waals surface area contributed by atoms with Crippen LogP contribution in [-0.4, -0.2) is 50.8 Å². The molecule has 2 aliphatic heterocycles. The average Bonchev–Trinajstić information content (AvgIpc) is 2.93. The molecule has 9 heteroatoms. The molecule has 2 aromatic rings. The lowest BCUT2D eigenvalue weighted by Gasteiger charge is -2.26. The van der Waals surface area contributed by atoms with Gasteiger partial charge in [-0.2, -0.15) is 4.31 Å². The second-order valence-electron chi connectivity index (χ2n) is 7.59. The van der Waals surface area contributed by atoms with Gasteiger partial charge >= 0.3 is 0 Å². The van der Waals surface area contributed by atoms with Crippen molar-refractivity contribution in [3.05, 3.63) is 48.5 Å². The molecule has 2 aliphatic rings. The first-order valence-corrected chi connectivity index (χ1v) is 11.8. The van der Waals surface area contributed by atoms with Crippen molar-refractivity contribution in [2.24, 2.45) is 0 Å². The topological polar surface area (TPSA) is 96.0 Å². The molecule has 2 amide bonds. The third kappa shape index (κ3) is 4.72. The predicted molar refractivity (Wildman–Crippen MR) is 117 cm³/mol. The van der Waals surface area contributed by atoms with E-state index >= 15 is 0 Å². The van der Waals surface area contributed by atoms with Gasteiger partial charge in [0.15, 0.2) is 0 Å². The SMILES string of the molecule is O=C(CN1C(=O)CCOc2ccccc21)Nc1cccc(S(=O)(=O)N2CCCCC2)c1. The van der Waals surface area contributed by atoms with E-state index < -0.39 is 15.9 Å². The number of amides is 2. The fourth-order valence-corrected chi connectivity index (χ4v) is 5.39. The molecule has 0 radical (unpaired) electrons. The molecule has 0 aromatic heterocycles. The fourth-order valence-electron chi connectivity index (χ4n) is 3.83. The Bertz CT molecular complexity index is 1080. The summed E-state index contributed by atoms with van der Waals surface area (Å²) in [5.41, 5.74) is 0.913. The van der Waals surface area contributed by atoms with Crippen molar-refractivity contribution in [1.29, 1.82) is 0 Å². The van der Waals surface area contributed by atoms with Crippen molar-refractivity contribution in [1.82, 2.24) is 4.31 Å². The maximum absolute atomic E-state index is 12.9. The van der Waals surface area contributed by atoms with Gasteiger partial charge in [-0.05, 0) is 43.2 Å². The number of ether oxygens (including phenoxy) is 1. The predicted octanol–water partition coefficient (Wildman–Crippen LogP) is 2.62. The molecule has 2 aromatic carbocycles. The summed E-state index contributed by atoms with van der Waals surface area (Å²) in [4.78, 5) is 26.8. The zero-order chi connectivity index (χ0) is 21.8. The maximum Gasteiger partial charge on any atom is 0.244 e. The van der Waals surface area contributed by atoms with Gasteiger partial charge in [0.1, 0.15) is 12.3 Å². The molecule has 1 saturated heterocycles. The summed E-state index contributed by atoms with van der Waals surface area (Å²) in [7, 11) is -3.60. The molecule has 164 valence electrons. The van der Waals surface area contributed by atoms with Gasteiger partial charge in [-0.15, -0.1) is 0 Å². The number of hydrogen-bond donors (Lipinski definition) is 1. The Balaban J connectivity index is 1.49. The number of sulfonamides is 1. The lowest BCUT2D eigenvalue weighted by atomic mass is 10.2. The monoisotopic (exact) mass is 443 g/mol. The minimum atomic E-state index is -3.60. The van der Waals surface area contributed by atoms with Crippen LogP contribution in [-0.2, 0) is 19.6 Å². The highest BCUT2D eigenvalue weighted by atomic mass is 32.2. The Morgan fingerprint density at radius 2 is 1.81 bits per heavy atom. The van der Waals surface area contributed by atoms with Gasteiger partial charge in [0.05, 0.1) is 23.6 Å². The van der Waals surface area contributed by atoms with E-state index in [9.17, 15) is 18.0 Å². The van der Waals surface area contributed by atoms with E-state index in [2.05, 4.69) is 5.32 Å². The Kier molecular flexibility index (Phi) is 6.24. The van der Waals surface area contributed by atoms with E-state index in [-0.39, 0.29) is 30.4 Å². The van der Waals surface area contributed by atoms with Crippen LogP contribution in [0.2, 0.25) is 0 Å². The Labute approximate surface area is 181 Å². The Hall–Kier alpha value is -2.91. The van der Waals surface area contributed by atoms with Crippen LogP contribution in [0.15, 0.2) is 53.4 Å². The van der Waals surface area contributed by atoms with Crippen LogP contribution in [0.4, 0.5) is 11.4 Å². The minimum Gasteiger partial charge on any atom is -0.491 e. The molecule has 2 heterocycles. The summed E-state index contributed by atoms with van der Waals surface area (Å²) in [6, 6.07) is 13.3. The molecule has 4 rings (SSSR count). The third-order valence-electron chi connectivity index (χ3n) is 5.40. The molecule has 0 aliphatic carbocycles.